The van der Waals surface area contributed by atoms with Crippen molar-refractivity contribution in [2.24, 2.45) is 0 Å². The summed E-state index contributed by atoms with van der Waals surface area (Å²) in [6, 6.07) is 11.2. The van der Waals surface area contributed by atoms with Crippen molar-refractivity contribution in [3.63, 3.8) is 0 Å². The number of carbonyl (C=O) groups is 1. The van der Waals surface area contributed by atoms with Crippen LogP contribution in [0.4, 0.5) is 0 Å². The van der Waals surface area contributed by atoms with Gasteiger partial charge in [0, 0.05) is 10.6 Å². The van der Waals surface area contributed by atoms with E-state index in [1.54, 1.807) is 16.7 Å². The van der Waals surface area contributed by atoms with E-state index < -0.39 is 5.97 Å². The number of aromatic nitrogens is 2. The van der Waals surface area contributed by atoms with Crippen molar-refractivity contribution in [3.05, 3.63) is 52.5 Å². The highest BCUT2D eigenvalue weighted by atomic mass is 35.5. The Kier molecular flexibility index (Phi) is 3.62. The quantitative estimate of drug-likeness (QED) is 0.793. The molecule has 0 radical (unpaired) electrons. The molecule has 22 heavy (non-hydrogen) atoms. The standard InChI is InChI=1S/C17H15ClN2O2/c1-10-7-14-15(8-11(10)2)20(9-16(21)22)17(19-14)12-3-5-13(18)6-4-12/h3-8H,9H2,1-2H3,(H,21,22). The molecule has 4 nitrogen and oxygen atoms in total. The van der Waals surface area contributed by atoms with Gasteiger partial charge in [0.15, 0.2) is 0 Å². The molecule has 0 fully saturated rings. The number of halogens is 1. The van der Waals surface area contributed by atoms with Crippen LogP contribution in [-0.2, 0) is 11.3 Å². The Hall–Kier alpha value is -2.33. The molecule has 5 heteroatoms. The van der Waals surface area contributed by atoms with Gasteiger partial charge in [-0.15, -0.1) is 0 Å². The number of carboxylic acid groups (broad SMARTS) is 1. The van der Waals surface area contributed by atoms with Gasteiger partial charge < -0.3 is 9.67 Å². The van der Waals surface area contributed by atoms with Crippen molar-refractivity contribution < 1.29 is 9.90 Å². The molecular formula is C17H15ClN2O2. The molecule has 0 spiro atoms. The molecule has 1 heterocycles. The number of fused-ring (bicyclic) bond motifs is 1. The minimum Gasteiger partial charge on any atom is -0.480 e. The van der Waals surface area contributed by atoms with Gasteiger partial charge in [-0.2, -0.15) is 0 Å². The summed E-state index contributed by atoms with van der Waals surface area (Å²) in [7, 11) is 0. The van der Waals surface area contributed by atoms with Crippen LogP contribution in [0, 0.1) is 13.8 Å². The van der Waals surface area contributed by atoms with E-state index >= 15 is 0 Å². The molecule has 0 aliphatic rings. The smallest absolute Gasteiger partial charge is 0.323 e. The zero-order chi connectivity index (χ0) is 15.9. The summed E-state index contributed by atoms with van der Waals surface area (Å²) in [5.41, 5.74) is 4.72. The SMILES string of the molecule is Cc1cc2nc(-c3ccc(Cl)cc3)n(CC(=O)O)c2cc1C. The van der Waals surface area contributed by atoms with Gasteiger partial charge in [-0.25, -0.2) is 4.98 Å². The largest absolute Gasteiger partial charge is 0.480 e. The Bertz CT molecular complexity index is 866. The lowest BCUT2D eigenvalue weighted by atomic mass is 10.1. The maximum atomic E-state index is 11.2. The molecule has 0 atom stereocenters. The monoisotopic (exact) mass is 314 g/mol. The van der Waals surface area contributed by atoms with Gasteiger partial charge >= 0.3 is 5.97 Å². The van der Waals surface area contributed by atoms with Crippen LogP contribution in [0.25, 0.3) is 22.4 Å². The molecule has 0 bridgehead atoms. The van der Waals surface area contributed by atoms with Crippen LogP contribution >= 0.6 is 11.6 Å². The predicted molar refractivity (Wildman–Crippen MR) is 87.3 cm³/mol. The van der Waals surface area contributed by atoms with Gasteiger partial charge in [0.2, 0.25) is 0 Å². The first-order valence-corrected chi connectivity index (χ1v) is 7.28. The summed E-state index contributed by atoms with van der Waals surface area (Å²) in [4.78, 5) is 15.9. The Morgan fingerprint density at radius 1 is 1.18 bits per heavy atom. The van der Waals surface area contributed by atoms with E-state index in [1.165, 1.54) is 0 Å². The zero-order valence-corrected chi connectivity index (χ0v) is 13.1. The van der Waals surface area contributed by atoms with Crippen molar-refractivity contribution >= 4 is 28.6 Å². The van der Waals surface area contributed by atoms with Gasteiger partial charge in [0.1, 0.15) is 12.4 Å². The maximum Gasteiger partial charge on any atom is 0.323 e. The number of carboxylic acids is 1. The Balaban J connectivity index is 2.28. The lowest BCUT2D eigenvalue weighted by Gasteiger charge is -2.07. The molecule has 3 aromatic rings. The highest BCUT2D eigenvalue weighted by Gasteiger charge is 2.15. The van der Waals surface area contributed by atoms with E-state index in [9.17, 15) is 9.90 Å². The van der Waals surface area contributed by atoms with E-state index in [4.69, 9.17) is 11.6 Å². The molecule has 112 valence electrons. The Labute approximate surface area is 133 Å². The van der Waals surface area contributed by atoms with Gasteiger partial charge in [-0.05, 0) is 61.4 Å². The van der Waals surface area contributed by atoms with Crippen LogP contribution in [0.2, 0.25) is 5.02 Å². The first kappa shape index (κ1) is 14.6. The Morgan fingerprint density at radius 3 is 2.45 bits per heavy atom. The molecule has 0 aliphatic heterocycles. The molecule has 0 amide bonds. The first-order valence-electron chi connectivity index (χ1n) is 6.91. The number of aliphatic carboxylic acids is 1. The molecule has 3 rings (SSSR count). The second-order valence-corrected chi connectivity index (χ2v) is 5.78. The van der Waals surface area contributed by atoms with E-state index in [1.807, 2.05) is 38.1 Å². The lowest BCUT2D eigenvalue weighted by molar-refractivity contribution is -0.137. The number of benzene rings is 2. The highest BCUT2D eigenvalue weighted by Crippen LogP contribution is 2.27. The number of nitrogens with zero attached hydrogens (tertiary/aromatic N) is 2. The summed E-state index contributed by atoms with van der Waals surface area (Å²) in [5.74, 6) is -0.258. The molecular weight excluding hydrogens is 300 g/mol. The van der Waals surface area contributed by atoms with Crippen LogP contribution in [0.5, 0.6) is 0 Å². The fraction of sp³-hybridized carbons (Fsp3) is 0.176. The average Bonchev–Trinajstić information content (AvgIpc) is 2.78. The Morgan fingerprint density at radius 2 is 1.82 bits per heavy atom. The molecule has 1 aromatic heterocycles. The first-order chi connectivity index (χ1) is 10.5. The number of hydrogen-bond donors (Lipinski definition) is 1. The summed E-state index contributed by atoms with van der Waals surface area (Å²) in [6.07, 6.45) is 0. The number of hydrogen-bond acceptors (Lipinski definition) is 2. The fourth-order valence-corrected chi connectivity index (χ4v) is 2.62. The van der Waals surface area contributed by atoms with Crippen molar-refractivity contribution in [3.8, 4) is 11.4 Å². The summed E-state index contributed by atoms with van der Waals surface area (Å²) >= 11 is 5.92. The van der Waals surface area contributed by atoms with E-state index in [0.29, 0.717) is 10.8 Å². The normalized spacial score (nSPS) is 11.0. The summed E-state index contributed by atoms with van der Waals surface area (Å²) in [5, 5.41) is 9.85. The van der Waals surface area contributed by atoms with Gasteiger partial charge in [0.25, 0.3) is 0 Å². The third-order valence-electron chi connectivity index (χ3n) is 3.76. The zero-order valence-electron chi connectivity index (χ0n) is 12.3. The predicted octanol–water partition coefficient (Wildman–Crippen LogP) is 4.06. The number of aryl methyl sites for hydroxylation is 2. The molecule has 0 saturated carbocycles. The highest BCUT2D eigenvalue weighted by molar-refractivity contribution is 6.30. The fourth-order valence-electron chi connectivity index (χ4n) is 2.49. The summed E-state index contributed by atoms with van der Waals surface area (Å²) < 4.78 is 1.73. The van der Waals surface area contributed by atoms with Crippen molar-refractivity contribution in [2.45, 2.75) is 20.4 Å². The van der Waals surface area contributed by atoms with E-state index in [2.05, 4.69) is 4.98 Å². The maximum absolute atomic E-state index is 11.2. The third-order valence-corrected chi connectivity index (χ3v) is 4.01. The van der Waals surface area contributed by atoms with Crippen LogP contribution in [0.1, 0.15) is 11.1 Å². The molecule has 0 unspecified atom stereocenters. The van der Waals surface area contributed by atoms with Crippen LogP contribution < -0.4 is 0 Å². The van der Waals surface area contributed by atoms with Gasteiger partial charge in [0.05, 0.1) is 11.0 Å². The number of imidazole rings is 1. The molecule has 2 aromatic carbocycles. The average molecular weight is 315 g/mol. The van der Waals surface area contributed by atoms with Crippen LogP contribution in [0.15, 0.2) is 36.4 Å². The van der Waals surface area contributed by atoms with Crippen molar-refractivity contribution in [2.75, 3.05) is 0 Å². The van der Waals surface area contributed by atoms with Crippen molar-refractivity contribution in [1.82, 2.24) is 9.55 Å². The number of rotatable bonds is 3. The minimum absolute atomic E-state index is 0.128. The molecule has 0 saturated heterocycles. The topological polar surface area (TPSA) is 55.1 Å². The van der Waals surface area contributed by atoms with Gasteiger partial charge in [-0.3, -0.25) is 4.79 Å². The lowest BCUT2D eigenvalue weighted by Crippen LogP contribution is -2.10. The minimum atomic E-state index is -0.896. The summed E-state index contributed by atoms with van der Waals surface area (Å²) in [6.45, 7) is 3.90. The second kappa shape index (κ2) is 5.46. The molecule has 1 N–H and O–H groups in total. The van der Waals surface area contributed by atoms with Crippen LogP contribution in [0.3, 0.4) is 0 Å². The van der Waals surface area contributed by atoms with Crippen LogP contribution in [-0.4, -0.2) is 20.6 Å². The molecule has 0 aliphatic carbocycles. The third kappa shape index (κ3) is 2.57. The van der Waals surface area contributed by atoms with Gasteiger partial charge in [-0.1, -0.05) is 11.6 Å². The van der Waals surface area contributed by atoms with E-state index in [-0.39, 0.29) is 6.54 Å². The second-order valence-electron chi connectivity index (χ2n) is 5.35. The van der Waals surface area contributed by atoms with Crippen molar-refractivity contribution in [1.29, 1.82) is 0 Å². The van der Waals surface area contributed by atoms with E-state index in [0.717, 1.165) is 27.7 Å².